The van der Waals surface area contributed by atoms with Crippen molar-refractivity contribution in [1.82, 2.24) is 8.46 Å². The molecule has 1 rings (SSSR count). The maximum atomic E-state index is 4.06. The molecule has 0 aliphatic carbocycles. The Labute approximate surface area is 102 Å². The number of rotatable bonds is 2. The number of hydrogen-bond acceptors (Lipinski definition) is 2. The van der Waals surface area contributed by atoms with Crippen LogP contribution in [0.2, 0.25) is 39.3 Å². The molecule has 1 unspecified atom stereocenters. The Balaban J connectivity index is 2.89. The van der Waals surface area contributed by atoms with Crippen LogP contribution in [-0.2, 0) is 0 Å². The Bertz CT molecular complexity index is 233. The lowest BCUT2D eigenvalue weighted by Crippen LogP contribution is -2.61. The SMILES string of the molecule is CC1CN([Si](C)(C)C)[Si]([Si])N1[Si](C)(C)C. The van der Waals surface area contributed by atoms with Crippen molar-refractivity contribution in [2.75, 3.05) is 6.54 Å². The zero-order valence-corrected chi connectivity index (χ0v) is 15.2. The van der Waals surface area contributed by atoms with Crippen molar-refractivity contribution < 1.29 is 0 Å². The van der Waals surface area contributed by atoms with Gasteiger partial charge in [0.15, 0.2) is 8.64 Å². The fourth-order valence-corrected chi connectivity index (χ4v) is 18.8. The van der Waals surface area contributed by atoms with Crippen LogP contribution in [-0.4, -0.2) is 55.9 Å². The first-order valence-corrected chi connectivity index (χ1v) is 15.5. The third-order valence-electron chi connectivity index (χ3n) is 2.90. The second-order valence-electron chi connectivity index (χ2n) is 6.49. The molecule has 0 N–H and O–H groups in total. The standard InChI is InChI=1S/C9H24N2Si4/c1-9-8-10(14(2,3)4)13(12)11(9)15(5,6)7/h9H,8H2,1-7H3. The van der Waals surface area contributed by atoms with Gasteiger partial charge in [-0.2, -0.15) is 0 Å². The highest BCUT2D eigenvalue weighted by atomic mass is 29.2. The molecular formula is C9H24N2Si4. The maximum absolute atomic E-state index is 4.06. The van der Waals surface area contributed by atoms with Crippen LogP contribution in [0.3, 0.4) is 0 Å². The maximum Gasteiger partial charge on any atom is 0.188 e. The Morgan fingerprint density at radius 1 is 1.07 bits per heavy atom. The summed E-state index contributed by atoms with van der Waals surface area (Å²) < 4.78 is 5.60. The van der Waals surface area contributed by atoms with Crippen molar-refractivity contribution in [2.45, 2.75) is 52.2 Å². The molecule has 1 heterocycles. The second-order valence-corrected chi connectivity index (χ2v) is 20.1. The van der Waals surface area contributed by atoms with Gasteiger partial charge in [-0.3, -0.25) is 0 Å². The van der Waals surface area contributed by atoms with E-state index in [9.17, 15) is 0 Å². The summed E-state index contributed by atoms with van der Waals surface area (Å²) in [5.41, 5.74) is 0. The van der Waals surface area contributed by atoms with Gasteiger partial charge in [0.25, 0.3) is 0 Å². The molecule has 0 bridgehead atoms. The predicted molar refractivity (Wildman–Crippen MR) is 76.2 cm³/mol. The van der Waals surface area contributed by atoms with E-state index in [4.69, 9.17) is 0 Å². The molecule has 6 heteroatoms. The monoisotopic (exact) mass is 272 g/mol. The van der Waals surface area contributed by atoms with Gasteiger partial charge in [-0.15, -0.1) is 0 Å². The van der Waals surface area contributed by atoms with Gasteiger partial charge in [0.1, 0.15) is 16.5 Å². The van der Waals surface area contributed by atoms with Gasteiger partial charge >= 0.3 is 0 Å². The molecule has 1 aliphatic heterocycles. The molecule has 0 aromatic heterocycles. The van der Waals surface area contributed by atoms with Gasteiger partial charge in [0.2, 0.25) is 0 Å². The van der Waals surface area contributed by atoms with Crippen LogP contribution in [0.5, 0.6) is 0 Å². The average Bonchev–Trinajstić information content (AvgIpc) is 2.22. The van der Waals surface area contributed by atoms with Crippen molar-refractivity contribution in [3.63, 3.8) is 0 Å². The van der Waals surface area contributed by atoms with Crippen molar-refractivity contribution in [1.29, 1.82) is 0 Å². The third-order valence-corrected chi connectivity index (χ3v) is 16.4. The minimum atomic E-state index is -1.16. The first-order chi connectivity index (χ1) is 6.55. The van der Waals surface area contributed by atoms with Crippen LogP contribution >= 0.6 is 0 Å². The van der Waals surface area contributed by atoms with Gasteiger partial charge < -0.3 is 8.46 Å². The van der Waals surface area contributed by atoms with Gasteiger partial charge in [0, 0.05) is 12.6 Å². The minimum Gasteiger partial charge on any atom is -0.336 e. The Morgan fingerprint density at radius 2 is 1.53 bits per heavy atom. The predicted octanol–water partition coefficient (Wildman–Crippen LogP) is 1.82. The Kier molecular flexibility index (Phi) is 3.90. The highest BCUT2D eigenvalue weighted by molar-refractivity contribution is 7.09. The molecule has 1 fully saturated rings. The van der Waals surface area contributed by atoms with Crippen LogP contribution in [0.4, 0.5) is 0 Å². The van der Waals surface area contributed by atoms with Crippen molar-refractivity contribution in [2.24, 2.45) is 0 Å². The fourth-order valence-electron chi connectivity index (χ4n) is 2.34. The topological polar surface area (TPSA) is 6.48 Å². The van der Waals surface area contributed by atoms with Crippen molar-refractivity contribution >= 4 is 34.9 Å². The summed E-state index contributed by atoms with van der Waals surface area (Å²) in [6.45, 7) is 18.4. The average molecular weight is 273 g/mol. The van der Waals surface area contributed by atoms with Gasteiger partial charge in [0.05, 0.1) is 9.76 Å². The van der Waals surface area contributed by atoms with E-state index in [0.29, 0.717) is 0 Å². The molecule has 1 saturated heterocycles. The lowest BCUT2D eigenvalue weighted by atomic mass is 10.4. The molecule has 0 amide bonds. The summed E-state index contributed by atoms with van der Waals surface area (Å²) in [5.74, 6) is 0. The zero-order chi connectivity index (χ0) is 12.0. The van der Waals surface area contributed by atoms with E-state index in [0.717, 1.165) is 6.04 Å². The Morgan fingerprint density at radius 3 is 1.73 bits per heavy atom. The summed E-state index contributed by atoms with van der Waals surface area (Å²) in [7, 11) is 1.16. The van der Waals surface area contributed by atoms with E-state index >= 15 is 0 Å². The van der Waals surface area contributed by atoms with Gasteiger partial charge in [-0.1, -0.05) is 39.3 Å². The highest BCUT2D eigenvalue weighted by Crippen LogP contribution is 2.27. The zero-order valence-electron chi connectivity index (χ0n) is 11.2. The quantitative estimate of drug-likeness (QED) is 0.708. The fraction of sp³-hybridized carbons (Fsp3) is 1.00. The molecule has 1 atom stereocenters. The molecule has 2 nitrogen and oxygen atoms in total. The van der Waals surface area contributed by atoms with E-state index in [1.54, 1.807) is 0 Å². The molecule has 4 radical (unpaired) electrons. The number of hydrogen-bond donors (Lipinski definition) is 0. The van der Waals surface area contributed by atoms with Crippen molar-refractivity contribution in [3.05, 3.63) is 0 Å². The highest BCUT2D eigenvalue weighted by Gasteiger charge is 2.46. The van der Waals surface area contributed by atoms with E-state index in [-0.39, 0.29) is 0 Å². The molecule has 86 valence electrons. The normalized spacial score (nSPS) is 27.6. The largest absolute Gasteiger partial charge is 0.336 e. The summed E-state index contributed by atoms with van der Waals surface area (Å²) in [6.07, 6.45) is 0. The molecule has 0 saturated carbocycles. The summed E-state index contributed by atoms with van der Waals surface area (Å²) >= 11 is 0. The van der Waals surface area contributed by atoms with E-state index in [1.165, 1.54) is 6.54 Å². The van der Waals surface area contributed by atoms with Crippen molar-refractivity contribution in [3.8, 4) is 0 Å². The van der Waals surface area contributed by atoms with Crippen LogP contribution in [0.25, 0.3) is 0 Å². The van der Waals surface area contributed by atoms with Crippen LogP contribution in [0.15, 0.2) is 0 Å². The molecule has 0 aromatic rings. The van der Waals surface area contributed by atoms with Gasteiger partial charge in [-0.05, 0) is 6.92 Å². The lowest BCUT2D eigenvalue weighted by molar-refractivity contribution is 0.512. The smallest absolute Gasteiger partial charge is 0.188 e. The van der Waals surface area contributed by atoms with Gasteiger partial charge in [-0.25, -0.2) is 0 Å². The lowest BCUT2D eigenvalue weighted by Gasteiger charge is -2.39. The minimum absolute atomic E-state index is 0.602. The molecule has 0 aromatic carbocycles. The van der Waals surface area contributed by atoms with E-state index < -0.39 is 25.1 Å². The van der Waals surface area contributed by atoms with E-state index in [1.807, 2.05) is 0 Å². The summed E-state index contributed by atoms with van der Waals surface area (Å²) in [5, 5.41) is 0. The first-order valence-electron chi connectivity index (χ1n) is 5.70. The number of nitrogens with zero attached hydrogens (tertiary/aromatic N) is 2. The van der Waals surface area contributed by atoms with Crippen LogP contribution < -0.4 is 0 Å². The van der Waals surface area contributed by atoms with E-state index in [2.05, 4.69) is 64.4 Å². The first kappa shape index (κ1) is 13.9. The molecule has 1 aliphatic rings. The second kappa shape index (κ2) is 4.23. The molecule has 15 heavy (non-hydrogen) atoms. The molecular weight excluding hydrogens is 248 g/mol. The summed E-state index contributed by atoms with van der Waals surface area (Å²) in [4.78, 5) is 0. The van der Waals surface area contributed by atoms with Crippen LogP contribution in [0.1, 0.15) is 6.92 Å². The Hall–Kier alpha value is 0.788. The summed E-state index contributed by atoms with van der Waals surface area (Å²) in [6, 6.07) is 0.745. The van der Waals surface area contributed by atoms with Crippen LogP contribution in [0, 0.1) is 0 Å². The molecule has 0 spiro atoms. The third kappa shape index (κ3) is 2.92.